The van der Waals surface area contributed by atoms with Crippen LogP contribution >= 0.6 is 0 Å². The first-order valence-electron chi connectivity index (χ1n) is 11.0. The van der Waals surface area contributed by atoms with Gasteiger partial charge in [-0.3, -0.25) is 14.5 Å². The standard InChI is InChI=1S/C24H27N5O5/c1-32-19-8-7-16(13-20(19)33-2)23-27-21(34-28-23)14-29-11-9-15(10-12-29)24(31)26-18-6-4-3-5-17(18)22(25)30/h3-8,13,15H,9-12,14H2,1-2H3,(H2,25,30)(H,26,31). The molecule has 0 unspecified atom stereocenters. The molecule has 1 aliphatic rings. The Morgan fingerprint density at radius 3 is 2.56 bits per heavy atom. The molecule has 2 amide bonds. The fourth-order valence-corrected chi connectivity index (χ4v) is 4.00. The molecule has 1 saturated heterocycles. The van der Waals surface area contributed by atoms with Gasteiger partial charge in [0.05, 0.1) is 32.0 Å². The summed E-state index contributed by atoms with van der Waals surface area (Å²) in [6.07, 6.45) is 1.36. The number of methoxy groups -OCH3 is 2. The van der Waals surface area contributed by atoms with Gasteiger partial charge in [-0.2, -0.15) is 4.98 Å². The van der Waals surface area contributed by atoms with Crippen LogP contribution < -0.4 is 20.5 Å². The molecule has 1 fully saturated rings. The molecule has 178 valence electrons. The van der Waals surface area contributed by atoms with Crippen LogP contribution in [0.25, 0.3) is 11.4 Å². The third-order valence-electron chi connectivity index (χ3n) is 5.88. The van der Waals surface area contributed by atoms with Gasteiger partial charge in [0.2, 0.25) is 17.6 Å². The zero-order valence-corrected chi connectivity index (χ0v) is 19.1. The second-order valence-electron chi connectivity index (χ2n) is 8.03. The number of likely N-dealkylation sites (tertiary alicyclic amines) is 1. The fraction of sp³-hybridized carbons (Fsp3) is 0.333. The first-order chi connectivity index (χ1) is 16.5. The van der Waals surface area contributed by atoms with E-state index >= 15 is 0 Å². The van der Waals surface area contributed by atoms with Gasteiger partial charge in [-0.05, 0) is 56.3 Å². The number of hydrogen-bond donors (Lipinski definition) is 2. The highest BCUT2D eigenvalue weighted by atomic mass is 16.5. The van der Waals surface area contributed by atoms with Crippen LogP contribution in [-0.4, -0.2) is 54.2 Å². The van der Waals surface area contributed by atoms with E-state index in [-0.39, 0.29) is 11.8 Å². The van der Waals surface area contributed by atoms with Crippen molar-refractivity contribution in [2.45, 2.75) is 19.4 Å². The Hall–Kier alpha value is -3.92. The Bertz CT molecular complexity index is 1170. The van der Waals surface area contributed by atoms with Crippen LogP contribution in [0.4, 0.5) is 5.69 Å². The minimum Gasteiger partial charge on any atom is -0.493 e. The molecule has 10 nitrogen and oxygen atoms in total. The summed E-state index contributed by atoms with van der Waals surface area (Å²) in [6.45, 7) is 1.92. The number of carbonyl (C=O) groups excluding carboxylic acids is 2. The molecule has 0 saturated carbocycles. The first-order valence-corrected chi connectivity index (χ1v) is 11.0. The number of nitrogens with one attached hydrogen (secondary N) is 1. The molecule has 2 aromatic carbocycles. The lowest BCUT2D eigenvalue weighted by Gasteiger charge is -2.30. The predicted molar refractivity (Wildman–Crippen MR) is 124 cm³/mol. The maximum Gasteiger partial charge on any atom is 0.250 e. The highest BCUT2D eigenvalue weighted by Gasteiger charge is 2.27. The van der Waals surface area contributed by atoms with Crippen molar-refractivity contribution < 1.29 is 23.6 Å². The molecule has 3 aromatic rings. The number of piperidine rings is 1. The third-order valence-corrected chi connectivity index (χ3v) is 5.88. The number of primary amides is 1. The number of rotatable bonds is 8. The molecule has 34 heavy (non-hydrogen) atoms. The SMILES string of the molecule is COc1ccc(-c2noc(CN3CCC(C(=O)Nc4ccccc4C(N)=O)CC3)n2)cc1OC. The Labute approximate surface area is 197 Å². The molecule has 10 heteroatoms. The number of nitrogens with zero attached hydrogens (tertiary/aromatic N) is 3. The number of para-hydroxylation sites is 1. The Balaban J connectivity index is 1.32. The highest BCUT2D eigenvalue weighted by Crippen LogP contribution is 2.31. The summed E-state index contributed by atoms with van der Waals surface area (Å²) in [6, 6.07) is 12.2. The summed E-state index contributed by atoms with van der Waals surface area (Å²) in [5, 5.41) is 6.93. The third kappa shape index (κ3) is 5.18. The molecule has 1 aliphatic heterocycles. The molecule has 0 radical (unpaired) electrons. The molecular formula is C24H27N5O5. The zero-order valence-electron chi connectivity index (χ0n) is 19.1. The number of ether oxygens (including phenoxy) is 2. The summed E-state index contributed by atoms with van der Waals surface area (Å²) in [4.78, 5) is 31.0. The van der Waals surface area contributed by atoms with Crippen LogP contribution in [0.1, 0.15) is 29.1 Å². The van der Waals surface area contributed by atoms with Gasteiger partial charge in [-0.1, -0.05) is 17.3 Å². The lowest BCUT2D eigenvalue weighted by atomic mass is 9.95. The van der Waals surface area contributed by atoms with Crippen molar-refractivity contribution in [2.75, 3.05) is 32.6 Å². The minimum atomic E-state index is -0.572. The summed E-state index contributed by atoms with van der Waals surface area (Å²) >= 11 is 0. The van der Waals surface area contributed by atoms with E-state index in [0.717, 1.165) is 5.56 Å². The maximum atomic E-state index is 12.7. The van der Waals surface area contributed by atoms with Crippen LogP contribution in [0.3, 0.4) is 0 Å². The molecule has 4 rings (SSSR count). The van der Waals surface area contributed by atoms with E-state index in [0.29, 0.717) is 66.9 Å². The number of anilines is 1. The van der Waals surface area contributed by atoms with Crippen molar-refractivity contribution in [3.63, 3.8) is 0 Å². The average molecular weight is 466 g/mol. The van der Waals surface area contributed by atoms with Crippen molar-refractivity contribution in [1.29, 1.82) is 0 Å². The van der Waals surface area contributed by atoms with Gasteiger partial charge in [-0.15, -0.1) is 0 Å². The second-order valence-corrected chi connectivity index (χ2v) is 8.03. The Morgan fingerprint density at radius 2 is 1.85 bits per heavy atom. The second kappa shape index (κ2) is 10.3. The lowest BCUT2D eigenvalue weighted by molar-refractivity contribution is -0.121. The van der Waals surface area contributed by atoms with Crippen LogP contribution in [0, 0.1) is 5.92 Å². The van der Waals surface area contributed by atoms with Crippen LogP contribution in [0.5, 0.6) is 11.5 Å². The molecule has 3 N–H and O–H groups in total. The van der Waals surface area contributed by atoms with Gasteiger partial charge in [-0.25, -0.2) is 0 Å². The van der Waals surface area contributed by atoms with Crippen LogP contribution in [0.2, 0.25) is 0 Å². The maximum absolute atomic E-state index is 12.7. The molecule has 1 aromatic heterocycles. The number of amides is 2. The van der Waals surface area contributed by atoms with Gasteiger partial charge >= 0.3 is 0 Å². The van der Waals surface area contributed by atoms with Crippen molar-refractivity contribution in [1.82, 2.24) is 15.0 Å². The number of benzene rings is 2. The smallest absolute Gasteiger partial charge is 0.250 e. The highest BCUT2D eigenvalue weighted by molar-refractivity contribution is 6.03. The topological polar surface area (TPSA) is 133 Å². The summed E-state index contributed by atoms with van der Waals surface area (Å²) in [7, 11) is 3.15. The molecular weight excluding hydrogens is 438 g/mol. The van der Waals surface area contributed by atoms with Crippen LogP contribution in [-0.2, 0) is 11.3 Å². The molecule has 0 atom stereocenters. The quantitative estimate of drug-likeness (QED) is 0.519. The number of hydrogen-bond acceptors (Lipinski definition) is 8. The molecule has 0 aliphatic carbocycles. The van der Waals surface area contributed by atoms with E-state index in [2.05, 4.69) is 20.4 Å². The summed E-state index contributed by atoms with van der Waals surface area (Å²) < 4.78 is 16.0. The number of carbonyl (C=O) groups is 2. The van der Waals surface area contributed by atoms with Crippen LogP contribution in [0.15, 0.2) is 47.0 Å². The minimum absolute atomic E-state index is 0.109. The van der Waals surface area contributed by atoms with Gasteiger partial charge < -0.3 is 25.0 Å². The number of aromatic nitrogens is 2. The summed E-state index contributed by atoms with van der Waals surface area (Å²) in [5.41, 5.74) is 6.90. The average Bonchev–Trinajstić information content (AvgIpc) is 3.32. The van der Waals surface area contributed by atoms with Gasteiger partial charge in [0.25, 0.3) is 5.91 Å². The van der Waals surface area contributed by atoms with Crippen molar-refractivity contribution in [3.05, 3.63) is 53.9 Å². The van der Waals surface area contributed by atoms with E-state index < -0.39 is 5.91 Å². The van der Waals surface area contributed by atoms with Gasteiger partial charge in [0.1, 0.15) is 0 Å². The lowest BCUT2D eigenvalue weighted by Crippen LogP contribution is -2.38. The molecule has 0 spiro atoms. The zero-order chi connectivity index (χ0) is 24.1. The Kier molecular flexibility index (Phi) is 7.07. The number of nitrogens with two attached hydrogens (primary N) is 1. The normalized spacial score (nSPS) is 14.5. The summed E-state index contributed by atoms with van der Waals surface area (Å²) in [5.74, 6) is 1.35. The van der Waals surface area contributed by atoms with E-state index in [4.69, 9.17) is 19.7 Å². The van der Waals surface area contributed by atoms with E-state index in [1.807, 2.05) is 6.07 Å². The van der Waals surface area contributed by atoms with E-state index in [9.17, 15) is 9.59 Å². The largest absolute Gasteiger partial charge is 0.493 e. The Morgan fingerprint density at radius 1 is 1.12 bits per heavy atom. The first kappa shape index (κ1) is 23.2. The molecule has 2 heterocycles. The predicted octanol–water partition coefficient (Wildman–Crippen LogP) is 2.70. The van der Waals surface area contributed by atoms with E-state index in [1.54, 1.807) is 50.6 Å². The fourth-order valence-electron chi connectivity index (χ4n) is 4.00. The van der Waals surface area contributed by atoms with Crippen molar-refractivity contribution in [3.8, 4) is 22.9 Å². The van der Waals surface area contributed by atoms with E-state index in [1.165, 1.54) is 0 Å². The monoisotopic (exact) mass is 465 g/mol. The van der Waals surface area contributed by atoms with Crippen molar-refractivity contribution in [2.24, 2.45) is 11.7 Å². The molecule has 0 bridgehead atoms. The van der Waals surface area contributed by atoms with Crippen molar-refractivity contribution >= 4 is 17.5 Å². The van der Waals surface area contributed by atoms with Gasteiger partial charge in [0.15, 0.2) is 11.5 Å². The van der Waals surface area contributed by atoms with Gasteiger partial charge in [0, 0.05) is 11.5 Å².